The molecule has 0 aliphatic carbocycles. The van der Waals surface area contributed by atoms with E-state index in [1.54, 1.807) is 18.2 Å². The summed E-state index contributed by atoms with van der Waals surface area (Å²) in [6, 6.07) is 10.6. The molecule has 0 saturated heterocycles. The van der Waals surface area contributed by atoms with Gasteiger partial charge in [-0.05, 0) is 42.8 Å². The molecule has 4 heteroatoms. The quantitative estimate of drug-likeness (QED) is 0.347. The van der Waals surface area contributed by atoms with Crippen molar-refractivity contribution in [2.45, 2.75) is 6.92 Å². The Morgan fingerprint density at radius 1 is 1.17 bits per heavy atom. The predicted octanol–water partition coefficient (Wildman–Crippen LogP) is 4.05. The first kappa shape index (κ1) is 12.6. The van der Waals surface area contributed by atoms with Crippen molar-refractivity contribution < 1.29 is 9.13 Å². The van der Waals surface area contributed by atoms with E-state index in [4.69, 9.17) is 11.6 Å². The van der Waals surface area contributed by atoms with Gasteiger partial charge in [-0.25, -0.2) is 4.39 Å². The van der Waals surface area contributed by atoms with Gasteiger partial charge >= 0.3 is 0 Å². The molecule has 0 amide bonds. The van der Waals surface area contributed by atoms with Gasteiger partial charge in [-0.3, -0.25) is 0 Å². The average Bonchev–Trinajstić information content (AvgIpc) is 2.33. The van der Waals surface area contributed by atoms with Gasteiger partial charge in [0.25, 0.3) is 0 Å². The maximum Gasteiger partial charge on any atom is 0.216 e. The molecule has 18 heavy (non-hydrogen) atoms. The summed E-state index contributed by atoms with van der Waals surface area (Å²) in [5, 5.41) is 12.5. The highest BCUT2D eigenvalue weighted by atomic mass is 35.5. The van der Waals surface area contributed by atoms with Crippen LogP contribution in [0.2, 0.25) is 5.02 Å². The number of halogens is 2. The first-order valence-corrected chi connectivity index (χ1v) is 5.77. The molecule has 92 valence electrons. The Kier molecular flexibility index (Phi) is 3.63. The van der Waals surface area contributed by atoms with Crippen LogP contribution in [0.15, 0.2) is 42.5 Å². The summed E-state index contributed by atoms with van der Waals surface area (Å²) >= 11 is 5.84. The fourth-order valence-corrected chi connectivity index (χ4v) is 1.80. The third kappa shape index (κ3) is 2.87. The minimum absolute atomic E-state index is 0.366. The van der Waals surface area contributed by atoms with Crippen LogP contribution in [0.25, 0.3) is 0 Å². The molecular weight excluding hydrogens is 253 g/mol. The molecule has 2 nitrogen and oxygen atoms in total. The van der Waals surface area contributed by atoms with Gasteiger partial charge in [0, 0.05) is 22.7 Å². The lowest BCUT2D eigenvalue weighted by atomic mass is 10.1. The zero-order valence-electron chi connectivity index (χ0n) is 9.73. The van der Waals surface area contributed by atoms with Gasteiger partial charge in [0.05, 0.1) is 0 Å². The van der Waals surface area contributed by atoms with E-state index in [0.29, 0.717) is 15.4 Å². The number of benzene rings is 2. The maximum absolute atomic E-state index is 12.7. The molecular formula is C14H11ClFNO. The molecule has 0 aliphatic heterocycles. The van der Waals surface area contributed by atoms with Crippen LogP contribution < -0.4 is 0 Å². The molecule has 0 bridgehead atoms. The van der Waals surface area contributed by atoms with Gasteiger partial charge in [-0.1, -0.05) is 11.6 Å². The molecule has 2 rings (SSSR count). The van der Waals surface area contributed by atoms with E-state index in [1.165, 1.54) is 30.5 Å². The number of rotatable bonds is 2. The molecule has 0 heterocycles. The molecule has 0 fully saturated rings. The maximum atomic E-state index is 12.7. The highest BCUT2D eigenvalue weighted by Crippen LogP contribution is 2.16. The monoisotopic (exact) mass is 263 g/mol. The topological polar surface area (TPSA) is 26.1 Å². The third-order valence-corrected chi connectivity index (χ3v) is 2.80. The lowest BCUT2D eigenvalue weighted by molar-refractivity contribution is -0.354. The second-order valence-electron chi connectivity index (χ2n) is 3.93. The van der Waals surface area contributed by atoms with Crippen molar-refractivity contribution in [2.24, 2.45) is 0 Å². The predicted molar refractivity (Wildman–Crippen MR) is 71.0 cm³/mol. The molecule has 0 N–H and O–H groups in total. The van der Waals surface area contributed by atoms with Crippen LogP contribution in [0, 0.1) is 17.9 Å². The Bertz CT molecular complexity index is 593. The molecule has 0 aliphatic rings. The second kappa shape index (κ2) is 5.19. The lowest BCUT2D eigenvalue weighted by Gasteiger charge is -2.04. The van der Waals surface area contributed by atoms with Gasteiger partial charge < -0.3 is 5.21 Å². The van der Waals surface area contributed by atoms with Crippen molar-refractivity contribution in [3.63, 3.8) is 0 Å². The van der Waals surface area contributed by atoms with Crippen molar-refractivity contribution >= 4 is 23.5 Å². The van der Waals surface area contributed by atoms with Gasteiger partial charge in [-0.15, -0.1) is 0 Å². The number of aryl methyl sites for hydroxylation is 1. The van der Waals surface area contributed by atoms with Gasteiger partial charge in [0.2, 0.25) is 5.69 Å². The largest absolute Gasteiger partial charge is 0.618 e. The summed E-state index contributed by atoms with van der Waals surface area (Å²) in [4.78, 5) is 0. The van der Waals surface area contributed by atoms with E-state index in [-0.39, 0.29) is 5.82 Å². The van der Waals surface area contributed by atoms with Crippen LogP contribution in [0.3, 0.4) is 0 Å². The number of hydrogen-bond donors (Lipinski definition) is 0. The van der Waals surface area contributed by atoms with E-state index < -0.39 is 0 Å². The zero-order chi connectivity index (χ0) is 13.1. The molecule has 2 aromatic carbocycles. The molecule has 2 aromatic rings. The SMILES string of the molecule is Cc1cc(Cl)ccc1C=[N+]([O-])c1ccc(F)cc1. The molecule has 0 spiro atoms. The summed E-state index contributed by atoms with van der Waals surface area (Å²) in [5.74, 6) is -0.366. The van der Waals surface area contributed by atoms with Gasteiger partial charge in [0.1, 0.15) is 5.82 Å². The first-order chi connectivity index (χ1) is 8.56. The molecule has 0 aromatic heterocycles. The van der Waals surface area contributed by atoms with E-state index in [1.807, 2.05) is 6.92 Å². The Labute approximate surface area is 110 Å². The summed E-state index contributed by atoms with van der Waals surface area (Å²) in [6.07, 6.45) is 1.44. The molecule has 0 unspecified atom stereocenters. The van der Waals surface area contributed by atoms with E-state index >= 15 is 0 Å². The first-order valence-electron chi connectivity index (χ1n) is 5.39. The van der Waals surface area contributed by atoms with Crippen LogP contribution in [-0.2, 0) is 0 Å². The minimum Gasteiger partial charge on any atom is -0.618 e. The van der Waals surface area contributed by atoms with E-state index in [0.717, 1.165) is 11.1 Å². The molecule has 0 radical (unpaired) electrons. The van der Waals surface area contributed by atoms with E-state index in [2.05, 4.69) is 0 Å². The fraction of sp³-hybridized carbons (Fsp3) is 0.0714. The van der Waals surface area contributed by atoms with Crippen LogP contribution in [0.5, 0.6) is 0 Å². The van der Waals surface area contributed by atoms with Crippen LogP contribution in [-0.4, -0.2) is 11.0 Å². The average molecular weight is 264 g/mol. The van der Waals surface area contributed by atoms with Crippen molar-refractivity contribution in [1.29, 1.82) is 0 Å². The zero-order valence-corrected chi connectivity index (χ0v) is 10.5. The minimum atomic E-state index is -0.366. The molecule has 0 saturated carbocycles. The number of nitrogens with zero attached hydrogens (tertiary/aromatic N) is 1. The van der Waals surface area contributed by atoms with Crippen molar-refractivity contribution in [2.75, 3.05) is 0 Å². The standard InChI is InChI=1S/C14H11ClFNO/c1-10-8-12(15)3-2-11(10)9-17(18)14-6-4-13(16)5-7-14/h2-9H,1H3. The summed E-state index contributed by atoms with van der Waals surface area (Å²) in [5.41, 5.74) is 2.06. The Balaban J connectivity index is 2.35. The van der Waals surface area contributed by atoms with Crippen molar-refractivity contribution in [3.05, 3.63) is 69.6 Å². The molecule has 0 atom stereocenters. The van der Waals surface area contributed by atoms with Gasteiger partial charge in [0.15, 0.2) is 6.21 Å². The van der Waals surface area contributed by atoms with Gasteiger partial charge in [-0.2, -0.15) is 4.74 Å². The van der Waals surface area contributed by atoms with Crippen LogP contribution in [0.4, 0.5) is 10.1 Å². The highest BCUT2D eigenvalue weighted by molar-refractivity contribution is 6.30. The Hall–Kier alpha value is -1.87. The Morgan fingerprint density at radius 3 is 2.44 bits per heavy atom. The normalized spacial score (nSPS) is 11.6. The fourth-order valence-electron chi connectivity index (χ4n) is 1.57. The van der Waals surface area contributed by atoms with Crippen molar-refractivity contribution in [1.82, 2.24) is 0 Å². The summed E-state index contributed by atoms with van der Waals surface area (Å²) in [7, 11) is 0. The second-order valence-corrected chi connectivity index (χ2v) is 4.37. The highest BCUT2D eigenvalue weighted by Gasteiger charge is 2.04. The van der Waals surface area contributed by atoms with Crippen LogP contribution >= 0.6 is 11.6 Å². The van der Waals surface area contributed by atoms with E-state index in [9.17, 15) is 9.60 Å². The number of hydrogen-bond acceptors (Lipinski definition) is 1. The summed E-state index contributed by atoms with van der Waals surface area (Å²) < 4.78 is 13.4. The summed E-state index contributed by atoms with van der Waals surface area (Å²) in [6.45, 7) is 1.87. The Morgan fingerprint density at radius 2 is 1.83 bits per heavy atom. The third-order valence-electron chi connectivity index (χ3n) is 2.57. The smallest absolute Gasteiger partial charge is 0.216 e. The lowest BCUT2D eigenvalue weighted by Crippen LogP contribution is -2.00. The van der Waals surface area contributed by atoms with Crippen molar-refractivity contribution in [3.8, 4) is 0 Å². The van der Waals surface area contributed by atoms with Crippen LogP contribution in [0.1, 0.15) is 11.1 Å².